The summed E-state index contributed by atoms with van der Waals surface area (Å²) in [6, 6.07) is -0.449. The number of rotatable bonds is 2. The van der Waals surface area contributed by atoms with Gasteiger partial charge in [-0.15, -0.1) is 0 Å². The lowest BCUT2D eigenvalue weighted by Gasteiger charge is -2.62. The highest BCUT2D eigenvalue weighted by atomic mass is 19.1. The molecule has 4 heterocycles. The van der Waals surface area contributed by atoms with Crippen LogP contribution in [0.2, 0.25) is 0 Å². The number of carbonyl (C=O) groups is 2. The van der Waals surface area contributed by atoms with Crippen LogP contribution in [0.4, 0.5) is 4.39 Å². The van der Waals surface area contributed by atoms with Crippen molar-refractivity contribution in [3.05, 3.63) is 11.8 Å². The summed E-state index contributed by atoms with van der Waals surface area (Å²) < 4.78 is 34.2. The van der Waals surface area contributed by atoms with Crippen molar-refractivity contribution in [1.82, 2.24) is 14.7 Å². The van der Waals surface area contributed by atoms with Crippen molar-refractivity contribution in [2.45, 2.75) is 81.5 Å². The third-order valence-corrected chi connectivity index (χ3v) is 10.5. The van der Waals surface area contributed by atoms with Crippen LogP contribution in [-0.4, -0.2) is 116 Å². The first kappa shape index (κ1) is 24.5. The second kappa shape index (κ2) is 9.88. The minimum Gasteiger partial charge on any atom is -0.379 e. The van der Waals surface area contributed by atoms with E-state index in [0.717, 1.165) is 12.8 Å². The maximum absolute atomic E-state index is 16.1. The van der Waals surface area contributed by atoms with Gasteiger partial charge >= 0.3 is 0 Å². The van der Waals surface area contributed by atoms with Gasteiger partial charge in [0.1, 0.15) is 6.17 Å². The van der Waals surface area contributed by atoms with E-state index < -0.39 is 12.1 Å². The third-order valence-electron chi connectivity index (χ3n) is 10.5. The Balaban J connectivity index is 1.27. The van der Waals surface area contributed by atoms with Crippen LogP contribution >= 0.6 is 0 Å². The molecular weight excluding hydrogens is 477 g/mol. The Hall–Kier alpha value is -1.55. The number of fused-ring (bicyclic) bond motifs is 4. The molecule has 3 saturated heterocycles. The number of Topliss-reactive ketones (excluding diaryl/α,β-unsaturated/α-hetero) is 1. The molecule has 3 saturated carbocycles. The van der Waals surface area contributed by atoms with Crippen molar-refractivity contribution >= 4 is 11.7 Å². The molecule has 0 radical (unpaired) electrons. The molecule has 204 valence electrons. The standard InChI is InChI=1S/C28H40FN3O5/c29-21-15-19-23-27(24(21)30-7-11-35-12-8-30)37-26-18-4-2-1-3-17(18)5-6-22(26)32(23)16-20(25(19)33)28(34)31-9-13-36-14-10-31/h16-19,21-24,26-27H,1-15H2. The number of halogens is 1. The molecule has 8 nitrogen and oxygen atoms in total. The Bertz CT molecular complexity index is 935. The number of morpholine rings is 3. The minimum atomic E-state index is -1.17. The number of alkyl halides is 1. The van der Waals surface area contributed by atoms with Gasteiger partial charge in [-0.2, -0.15) is 0 Å². The SMILES string of the molecule is O=C1C(C(=O)N2CCOCC2)=CN2C3CCC4CCCCC4C3OC3C(N4CCOCC4)C(F)CC1C32. The predicted molar refractivity (Wildman–Crippen MR) is 132 cm³/mol. The van der Waals surface area contributed by atoms with Gasteiger partial charge in [-0.1, -0.05) is 19.3 Å². The summed E-state index contributed by atoms with van der Waals surface area (Å²) in [5.41, 5.74) is 0.241. The molecule has 0 N–H and O–H groups in total. The van der Waals surface area contributed by atoms with Crippen molar-refractivity contribution in [3.63, 3.8) is 0 Å². The molecule has 9 heteroatoms. The first-order chi connectivity index (χ1) is 18.1. The highest BCUT2D eigenvalue weighted by molar-refractivity contribution is 6.20. The molecule has 0 aromatic rings. The summed E-state index contributed by atoms with van der Waals surface area (Å²) in [5, 5.41) is 0. The van der Waals surface area contributed by atoms with Crippen molar-refractivity contribution in [2.24, 2.45) is 17.8 Å². The Morgan fingerprint density at radius 1 is 0.892 bits per heavy atom. The number of hydrogen-bond acceptors (Lipinski definition) is 7. The fraction of sp³-hybridized carbons (Fsp3) is 0.857. The second-order valence-electron chi connectivity index (χ2n) is 12.2. The van der Waals surface area contributed by atoms with Crippen molar-refractivity contribution in [1.29, 1.82) is 0 Å². The van der Waals surface area contributed by atoms with Gasteiger partial charge in [0.15, 0.2) is 5.78 Å². The summed E-state index contributed by atoms with van der Waals surface area (Å²) in [6.07, 6.45) is 7.60. The van der Waals surface area contributed by atoms with E-state index in [2.05, 4.69) is 9.80 Å². The molecular formula is C28H40FN3O5. The molecule has 7 aliphatic rings. The zero-order chi connectivity index (χ0) is 25.1. The van der Waals surface area contributed by atoms with Crippen LogP contribution < -0.4 is 0 Å². The Kier molecular flexibility index (Phi) is 6.54. The molecule has 3 aliphatic carbocycles. The maximum Gasteiger partial charge on any atom is 0.259 e. The van der Waals surface area contributed by atoms with E-state index in [1.165, 1.54) is 25.7 Å². The lowest BCUT2D eigenvalue weighted by molar-refractivity contribution is -0.235. The predicted octanol–water partition coefficient (Wildman–Crippen LogP) is 1.78. The maximum atomic E-state index is 16.1. The van der Waals surface area contributed by atoms with Gasteiger partial charge < -0.3 is 24.0 Å². The van der Waals surface area contributed by atoms with Crippen molar-refractivity contribution in [3.8, 4) is 0 Å². The first-order valence-corrected chi connectivity index (χ1v) is 14.6. The number of ether oxygens (including phenoxy) is 3. The number of ketones is 1. The van der Waals surface area contributed by atoms with Gasteiger partial charge in [0.25, 0.3) is 5.91 Å². The number of nitrogens with zero attached hydrogens (tertiary/aromatic N) is 3. The van der Waals surface area contributed by atoms with Crippen LogP contribution in [0.3, 0.4) is 0 Å². The summed E-state index contributed by atoms with van der Waals surface area (Å²) in [5.74, 6) is 0.176. The van der Waals surface area contributed by atoms with Gasteiger partial charge in [0.05, 0.1) is 62.3 Å². The topological polar surface area (TPSA) is 71.5 Å². The van der Waals surface area contributed by atoms with Gasteiger partial charge in [0, 0.05) is 38.3 Å². The third kappa shape index (κ3) is 4.07. The van der Waals surface area contributed by atoms with E-state index in [1.54, 1.807) is 4.90 Å². The fourth-order valence-corrected chi connectivity index (χ4v) is 8.74. The summed E-state index contributed by atoms with van der Waals surface area (Å²) in [6.45, 7) is 4.53. The van der Waals surface area contributed by atoms with E-state index in [4.69, 9.17) is 14.2 Å². The lowest BCUT2D eigenvalue weighted by atomic mass is 9.64. The van der Waals surface area contributed by atoms with Gasteiger partial charge in [-0.25, -0.2) is 4.39 Å². The molecule has 0 aromatic heterocycles. The van der Waals surface area contributed by atoms with Crippen LogP contribution in [0.1, 0.15) is 44.9 Å². The zero-order valence-corrected chi connectivity index (χ0v) is 21.6. The fourth-order valence-electron chi connectivity index (χ4n) is 8.74. The van der Waals surface area contributed by atoms with Gasteiger partial charge in [0.2, 0.25) is 0 Å². The molecule has 0 aromatic carbocycles. The van der Waals surface area contributed by atoms with Crippen molar-refractivity contribution < 1.29 is 28.2 Å². The summed E-state index contributed by atoms with van der Waals surface area (Å²) in [4.78, 5) is 33.7. The average Bonchev–Trinajstić information content (AvgIpc) is 2.95. The minimum absolute atomic E-state index is 0.0268. The summed E-state index contributed by atoms with van der Waals surface area (Å²) in [7, 11) is 0. The smallest absolute Gasteiger partial charge is 0.259 e. The van der Waals surface area contributed by atoms with E-state index in [9.17, 15) is 9.59 Å². The van der Waals surface area contributed by atoms with Crippen LogP contribution in [0.15, 0.2) is 11.8 Å². The highest BCUT2D eigenvalue weighted by Gasteiger charge is 2.61. The number of amides is 1. The first-order valence-electron chi connectivity index (χ1n) is 14.6. The molecule has 0 bridgehead atoms. The lowest BCUT2D eigenvalue weighted by Crippen LogP contribution is -2.74. The second-order valence-corrected chi connectivity index (χ2v) is 12.2. The molecule has 4 aliphatic heterocycles. The quantitative estimate of drug-likeness (QED) is 0.517. The average molecular weight is 518 g/mol. The molecule has 9 unspecified atom stereocenters. The Labute approximate surface area is 218 Å². The van der Waals surface area contributed by atoms with Crippen LogP contribution in [0, 0.1) is 17.8 Å². The van der Waals surface area contributed by atoms with Crippen molar-refractivity contribution in [2.75, 3.05) is 52.6 Å². The van der Waals surface area contributed by atoms with Crippen LogP contribution in [-0.2, 0) is 23.8 Å². The Morgan fingerprint density at radius 3 is 2.41 bits per heavy atom. The molecule has 37 heavy (non-hydrogen) atoms. The van der Waals surface area contributed by atoms with Crippen LogP contribution in [0.25, 0.3) is 0 Å². The van der Waals surface area contributed by atoms with Gasteiger partial charge in [-0.3, -0.25) is 14.5 Å². The molecule has 9 atom stereocenters. The Morgan fingerprint density at radius 2 is 1.62 bits per heavy atom. The number of hydrogen-bond donors (Lipinski definition) is 0. The van der Waals surface area contributed by atoms with E-state index >= 15 is 4.39 Å². The van der Waals surface area contributed by atoms with E-state index in [-0.39, 0.29) is 54.0 Å². The summed E-state index contributed by atoms with van der Waals surface area (Å²) >= 11 is 0. The van der Waals surface area contributed by atoms with Gasteiger partial charge in [-0.05, 0) is 37.5 Å². The van der Waals surface area contributed by atoms with E-state index in [0.29, 0.717) is 64.4 Å². The molecule has 1 amide bonds. The zero-order valence-electron chi connectivity index (χ0n) is 21.6. The van der Waals surface area contributed by atoms with E-state index in [1.807, 2.05) is 6.20 Å². The largest absolute Gasteiger partial charge is 0.379 e. The molecule has 6 fully saturated rings. The highest BCUT2D eigenvalue weighted by Crippen LogP contribution is 2.51. The normalized spacial score (nSPS) is 44.4. The molecule has 0 spiro atoms. The number of carbonyl (C=O) groups excluding carboxylic acids is 2. The van der Waals surface area contributed by atoms with Crippen LogP contribution in [0.5, 0.6) is 0 Å². The monoisotopic (exact) mass is 517 g/mol. The molecule has 7 rings (SSSR count).